The summed E-state index contributed by atoms with van der Waals surface area (Å²) in [5.41, 5.74) is 5.71. The van der Waals surface area contributed by atoms with Crippen LogP contribution in [0.5, 0.6) is 0 Å². The first-order valence-electron chi connectivity index (χ1n) is 5.81. The lowest BCUT2D eigenvalue weighted by molar-refractivity contribution is -0.0511. The zero-order chi connectivity index (χ0) is 14.4. The number of aliphatic hydroxyl groups excluding tert-OH is 3. The Morgan fingerprint density at radius 3 is 2.75 bits per heavy atom. The number of anilines is 1. The first-order valence-corrected chi connectivity index (χ1v) is 5.81. The molecule has 108 valence electrons. The maximum Gasteiger partial charge on any atom is 0.312 e. The molecular weight excluding hydrogens is 273 g/mol. The van der Waals surface area contributed by atoms with Gasteiger partial charge in [0.1, 0.15) is 18.3 Å². The zero-order valence-electron chi connectivity index (χ0n) is 10.1. The molecule has 0 bridgehead atoms. The molecular formula is C10H12FN5O4. The molecule has 5 N–H and O–H groups in total. The number of ether oxygens (including phenoxy) is 1. The highest BCUT2D eigenvalue weighted by Crippen LogP contribution is 2.31. The first kappa shape index (κ1) is 13.1. The standard InChI is InChI=1S/C10H12FN5O4/c11-10-14-7(12)4-8(15-10)16(2-13-4)9-6(19)5(18)3(1-17)20-9/h2-3,5-6,9,17-19H,1H2,(H2,12,14,15)/t3-,5?,6?,9-/m1/s1. The maximum absolute atomic E-state index is 13.2. The van der Waals surface area contributed by atoms with Crippen LogP contribution in [-0.2, 0) is 4.74 Å². The fourth-order valence-corrected chi connectivity index (χ4v) is 2.21. The van der Waals surface area contributed by atoms with Crippen LogP contribution in [0.4, 0.5) is 10.2 Å². The number of halogens is 1. The number of nitrogen functional groups attached to an aromatic ring is 1. The van der Waals surface area contributed by atoms with Crippen molar-refractivity contribution in [2.45, 2.75) is 24.5 Å². The van der Waals surface area contributed by atoms with Crippen molar-refractivity contribution >= 4 is 17.0 Å². The van der Waals surface area contributed by atoms with Crippen molar-refractivity contribution in [1.29, 1.82) is 0 Å². The maximum atomic E-state index is 13.2. The SMILES string of the molecule is Nc1nc(F)nc2c1ncn2[C@@H]1O[C@H](CO)C(O)C1O. The molecule has 1 fully saturated rings. The van der Waals surface area contributed by atoms with Crippen LogP contribution >= 0.6 is 0 Å². The molecule has 20 heavy (non-hydrogen) atoms. The van der Waals surface area contributed by atoms with E-state index in [-0.39, 0.29) is 17.0 Å². The minimum absolute atomic E-state index is 0.0323. The third-order valence-corrected chi connectivity index (χ3v) is 3.21. The van der Waals surface area contributed by atoms with Gasteiger partial charge in [-0.3, -0.25) is 4.57 Å². The Hall–Kier alpha value is -1.88. The molecule has 0 spiro atoms. The van der Waals surface area contributed by atoms with Gasteiger partial charge in [0.05, 0.1) is 12.9 Å². The summed E-state index contributed by atoms with van der Waals surface area (Å²) in [6, 6.07) is 0. The van der Waals surface area contributed by atoms with E-state index in [9.17, 15) is 14.6 Å². The van der Waals surface area contributed by atoms with Crippen molar-refractivity contribution in [2.75, 3.05) is 12.3 Å². The number of nitrogens with two attached hydrogens (primary N) is 1. The number of aliphatic hydroxyl groups is 3. The molecule has 1 aliphatic heterocycles. The number of aromatic nitrogens is 4. The quantitative estimate of drug-likeness (QED) is 0.472. The fraction of sp³-hybridized carbons (Fsp3) is 0.500. The van der Waals surface area contributed by atoms with Gasteiger partial charge in [0.15, 0.2) is 23.2 Å². The summed E-state index contributed by atoms with van der Waals surface area (Å²) in [6.07, 6.45) is -4.38. The summed E-state index contributed by atoms with van der Waals surface area (Å²) in [5, 5.41) is 28.7. The van der Waals surface area contributed by atoms with Crippen molar-refractivity contribution < 1.29 is 24.4 Å². The van der Waals surface area contributed by atoms with Gasteiger partial charge in [-0.1, -0.05) is 0 Å². The van der Waals surface area contributed by atoms with Crippen LogP contribution in [0.15, 0.2) is 6.33 Å². The summed E-state index contributed by atoms with van der Waals surface area (Å²) < 4.78 is 19.8. The Kier molecular flexibility index (Phi) is 3.01. The Bertz CT molecular complexity index is 650. The molecule has 2 aromatic heterocycles. The van der Waals surface area contributed by atoms with E-state index in [4.69, 9.17) is 15.6 Å². The Balaban J connectivity index is 2.07. The van der Waals surface area contributed by atoms with Gasteiger partial charge in [0, 0.05) is 0 Å². The van der Waals surface area contributed by atoms with Gasteiger partial charge in [-0.25, -0.2) is 4.98 Å². The van der Waals surface area contributed by atoms with Gasteiger partial charge >= 0.3 is 6.08 Å². The van der Waals surface area contributed by atoms with Gasteiger partial charge < -0.3 is 25.8 Å². The first-order chi connectivity index (χ1) is 9.52. The van der Waals surface area contributed by atoms with Crippen LogP contribution in [0.3, 0.4) is 0 Å². The molecule has 10 heteroatoms. The lowest BCUT2D eigenvalue weighted by Gasteiger charge is -2.16. The van der Waals surface area contributed by atoms with Crippen molar-refractivity contribution in [3.05, 3.63) is 12.4 Å². The third-order valence-electron chi connectivity index (χ3n) is 3.21. The predicted molar refractivity (Wildman–Crippen MR) is 62.7 cm³/mol. The van der Waals surface area contributed by atoms with E-state index in [0.29, 0.717) is 0 Å². The second-order valence-corrected chi connectivity index (χ2v) is 4.43. The van der Waals surface area contributed by atoms with E-state index in [2.05, 4.69) is 15.0 Å². The van der Waals surface area contributed by atoms with E-state index < -0.39 is 37.2 Å². The molecule has 3 rings (SSSR count). The van der Waals surface area contributed by atoms with Crippen LogP contribution in [0.25, 0.3) is 11.2 Å². The summed E-state index contributed by atoms with van der Waals surface area (Å²) >= 11 is 0. The largest absolute Gasteiger partial charge is 0.394 e. The molecule has 3 heterocycles. The van der Waals surface area contributed by atoms with E-state index in [1.54, 1.807) is 0 Å². The molecule has 1 saturated heterocycles. The predicted octanol–water partition coefficient (Wildman–Crippen LogP) is -1.84. The monoisotopic (exact) mass is 285 g/mol. The average Bonchev–Trinajstić information content (AvgIpc) is 2.93. The normalized spacial score (nSPS) is 30.2. The van der Waals surface area contributed by atoms with Gasteiger partial charge in [-0.15, -0.1) is 0 Å². The number of nitrogens with zero attached hydrogens (tertiary/aromatic N) is 4. The van der Waals surface area contributed by atoms with Crippen LogP contribution in [0.1, 0.15) is 6.23 Å². The molecule has 2 unspecified atom stereocenters. The number of imidazole rings is 1. The summed E-state index contributed by atoms with van der Waals surface area (Å²) in [7, 11) is 0. The van der Waals surface area contributed by atoms with Crippen molar-refractivity contribution in [3.8, 4) is 0 Å². The molecule has 2 aromatic rings. The summed E-state index contributed by atoms with van der Waals surface area (Å²) in [6.45, 7) is -0.465. The highest BCUT2D eigenvalue weighted by atomic mass is 19.1. The van der Waals surface area contributed by atoms with Crippen molar-refractivity contribution in [1.82, 2.24) is 19.5 Å². The topological polar surface area (TPSA) is 140 Å². The van der Waals surface area contributed by atoms with Crippen molar-refractivity contribution in [3.63, 3.8) is 0 Å². The van der Waals surface area contributed by atoms with Crippen LogP contribution in [0.2, 0.25) is 0 Å². The molecule has 0 aromatic carbocycles. The molecule has 0 radical (unpaired) electrons. The lowest BCUT2D eigenvalue weighted by atomic mass is 10.1. The summed E-state index contributed by atoms with van der Waals surface area (Å²) in [5.74, 6) is -0.141. The summed E-state index contributed by atoms with van der Waals surface area (Å²) in [4.78, 5) is 10.8. The number of hydrogen-bond acceptors (Lipinski definition) is 8. The van der Waals surface area contributed by atoms with E-state index in [1.807, 2.05) is 0 Å². The third kappa shape index (κ3) is 1.81. The molecule has 0 saturated carbocycles. The van der Waals surface area contributed by atoms with Gasteiger partial charge in [0.25, 0.3) is 0 Å². The second kappa shape index (κ2) is 4.59. The second-order valence-electron chi connectivity index (χ2n) is 4.43. The highest BCUT2D eigenvalue weighted by molar-refractivity contribution is 5.81. The molecule has 9 nitrogen and oxygen atoms in total. The molecule has 0 amide bonds. The fourth-order valence-electron chi connectivity index (χ4n) is 2.21. The Labute approximate surface area is 111 Å². The molecule has 4 atom stereocenters. The van der Waals surface area contributed by atoms with Crippen LogP contribution in [-0.4, -0.2) is 59.8 Å². The molecule has 1 aliphatic rings. The molecule has 0 aliphatic carbocycles. The smallest absolute Gasteiger partial charge is 0.312 e. The van der Waals surface area contributed by atoms with E-state index in [1.165, 1.54) is 10.9 Å². The Morgan fingerprint density at radius 1 is 1.35 bits per heavy atom. The lowest BCUT2D eigenvalue weighted by Crippen LogP contribution is -2.33. The van der Waals surface area contributed by atoms with Gasteiger partial charge in [0.2, 0.25) is 0 Å². The van der Waals surface area contributed by atoms with Crippen LogP contribution in [0, 0.1) is 6.08 Å². The number of fused-ring (bicyclic) bond motifs is 1. The average molecular weight is 285 g/mol. The van der Waals surface area contributed by atoms with E-state index >= 15 is 0 Å². The van der Waals surface area contributed by atoms with E-state index in [0.717, 1.165) is 0 Å². The Morgan fingerprint density at radius 2 is 2.10 bits per heavy atom. The minimum Gasteiger partial charge on any atom is -0.394 e. The highest BCUT2D eigenvalue weighted by Gasteiger charge is 2.44. The number of rotatable bonds is 2. The minimum atomic E-state index is -1.32. The van der Waals surface area contributed by atoms with Crippen LogP contribution < -0.4 is 5.73 Å². The van der Waals surface area contributed by atoms with Gasteiger partial charge in [-0.05, 0) is 0 Å². The van der Waals surface area contributed by atoms with Gasteiger partial charge in [-0.2, -0.15) is 14.4 Å². The number of hydrogen-bond donors (Lipinski definition) is 4. The zero-order valence-corrected chi connectivity index (χ0v) is 10.1. The van der Waals surface area contributed by atoms with Crippen molar-refractivity contribution in [2.24, 2.45) is 0 Å².